The fourth-order valence-electron chi connectivity index (χ4n) is 6.16. The number of esters is 1. The van der Waals surface area contributed by atoms with E-state index in [4.69, 9.17) is 10.5 Å². The largest absolute Gasteiger partial charge is 0.472 e. The summed E-state index contributed by atoms with van der Waals surface area (Å²) in [5.74, 6) is -0.379. The molecule has 9 heteroatoms. The van der Waals surface area contributed by atoms with Crippen molar-refractivity contribution in [2.24, 2.45) is 5.73 Å². The molecule has 0 aromatic carbocycles. The van der Waals surface area contributed by atoms with Crippen LogP contribution in [0.25, 0.3) is 0 Å². The van der Waals surface area contributed by atoms with Gasteiger partial charge in [-0.1, -0.05) is 200 Å². The maximum atomic E-state index is 11.8. The van der Waals surface area contributed by atoms with Crippen molar-refractivity contribution >= 4 is 13.8 Å². The Bertz CT molecular complexity index is 712. The molecule has 288 valence electrons. The van der Waals surface area contributed by atoms with Crippen molar-refractivity contribution in [2.75, 3.05) is 26.4 Å². The summed E-state index contributed by atoms with van der Waals surface area (Å²) in [6.45, 7) is 1.50. The number of unbranched alkanes of at least 4 members (excludes halogenated alkanes) is 30. The van der Waals surface area contributed by atoms with Crippen LogP contribution < -0.4 is 5.73 Å². The predicted octanol–water partition coefficient (Wildman–Crippen LogP) is 11.5. The molecule has 0 aliphatic carbocycles. The highest BCUT2D eigenvalue weighted by Crippen LogP contribution is 2.42. The van der Waals surface area contributed by atoms with Crippen LogP contribution in [0.4, 0.5) is 0 Å². The lowest BCUT2D eigenvalue weighted by Gasteiger charge is -2.15. The molecule has 0 saturated carbocycles. The van der Waals surface area contributed by atoms with Gasteiger partial charge in [-0.25, -0.2) is 4.57 Å². The number of phosphoric acid groups is 1. The molecular formula is C39H80NO7P. The van der Waals surface area contributed by atoms with Crippen molar-refractivity contribution < 1.29 is 33.1 Å². The Balaban J connectivity index is 3.23. The smallest absolute Gasteiger partial charge is 0.463 e. The van der Waals surface area contributed by atoms with Crippen LogP contribution in [0.2, 0.25) is 0 Å². The Morgan fingerprint density at radius 3 is 1.17 bits per heavy atom. The van der Waals surface area contributed by atoms with Crippen molar-refractivity contribution in [3.63, 3.8) is 0 Å². The summed E-state index contributed by atoms with van der Waals surface area (Å²) in [7, 11) is -4.25. The molecule has 2 unspecified atom stereocenters. The van der Waals surface area contributed by atoms with Crippen LogP contribution in [0, 0.1) is 0 Å². The summed E-state index contributed by atoms with van der Waals surface area (Å²) in [4.78, 5) is 21.2. The Morgan fingerprint density at radius 1 is 0.542 bits per heavy atom. The number of hydrogen-bond acceptors (Lipinski definition) is 7. The van der Waals surface area contributed by atoms with Gasteiger partial charge in [0.05, 0.1) is 13.2 Å². The summed E-state index contributed by atoms with van der Waals surface area (Å²) in [6.07, 6.45) is 41.5. The monoisotopic (exact) mass is 706 g/mol. The molecule has 48 heavy (non-hydrogen) atoms. The molecule has 0 bridgehead atoms. The molecule has 0 radical (unpaired) electrons. The second-order valence-electron chi connectivity index (χ2n) is 14.1. The maximum Gasteiger partial charge on any atom is 0.472 e. The SMILES string of the molecule is CCCCCCCCCCCCCCCCCCCCCCCCCCCCCCCCCC(=O)OCC(O)COP(=O)(O)OCCN. The first-order chi connectivity index (χ1) is 23.4. The lowest BCUT2D eigenvalue weighted by atomic mass is 10.0. The Morgan fingerprint density at radius 2 is 0.854 bits per heavy atom. The average Bonchev–Trinajstić information content (AvgIpc) is 3.08. The van der Waals surface area contributed by atoms with Gasteiger partial charge in [0.2, 0.25) is 0 Å². The highest BCUT2D eigenvalue weighted by Gasteiger charge is 2.22. The minimum absolute atomic E-state index is 0.0772. The standard InChI is InChI=1S/C39H80NO7P/c1-2-3-4-5-6-7-8-9-10-11-12-13-14-15-16-17-18-19-20-21-22-23-24-25-26-27-28-29-30-31-32-33-39(42)45-36-38(41)37-47-48(43,44)46-35-34-40/h38,41H,2-37,40H2,1H3,(H,43,44). The van der Waals surface area contributed by atoms with Gasteiger partial charge in [0.25, 0.3) is 0 Å². The first-order valence-corrected chi connectivity index (χ1v) is 22.1. The molecule has 0 amide bonds. The van der Waals surface area contributed by atoms with Gasteiger partial charge in [-0.3, -0.25) is 13.8 Å². The maximum absolute atomic E-state index is 11.8. The lowest BCUT2D eigenvalue weighted by molar-refractivity contribution is -0.147. The van der Waals surface area contributed by atoms with E-state index in [9.17, 15) is 19.4 Å². The van der Waals surface area contributed by atoms with Crippen LogP contribution in [0.15, 0.2) is 0 Å². The number of ether oxygens (including phenoxy) is 1. The number of aliphatic hydroxyl groups excluding tert-OH is 1. The zero-order valence-corrected chi connectivity index (χ0v) is 32.4. The second kappa shape index (κ2) is 37.7. The molecule has 0 heterocycles. The van der Waals surface area contributed by atoms with E-state index in [0.717, 1.165) is 19.3 Å². The number of hydrogen-bond donors (Lipinski definition) is 3. The number of carbonyl (C=O) groups is 1. The summed E-state index contributed by atoms with van der Waals surface area (Å²) >= 11 is 0. The molecule has 4 N–H and O–H groups in total. The quantitative estimate of drug-likeness (QED) is 0.0326. The van der Waals surface area contributed by atoms with Gasteiger partial charge in [-0.2, -0.15) is 0 Å². The van der Waals surface area contributed by atoms with E-state index in [1.807, 2.05) is 0 Å². The first kappa shape index (κ1) is 47.5. The normalized spacial score (nSPS) is 13.5. The predicted molar refractivity (Wildman–Crippen MR) is 201 cm³/mol. The van der Waals surface area contributed by atoms with Crippen LogP contribution in [0.5, 0.6) is 0 Å². The van der Waals surface area contributed by atoms with Gasteiger partial charge in [0.1, 0.15) is 12.7 Å². The van der Waals surface area contributed by atoms with Gasteiger partial charge >= 0.3 is 13.8 Å². The van der Waals surface area contributed by atoms with E-state index in [-0.39, 0.29) is 25.7 Å². The molecule has 0 fully saturated rings. The first-order valence-electron chi connectivity index (χ1n) is 20.6. The molecule has 0 rings (SSSR count). The van der Waals surface area contributed by atoms with Crippen molar-refractivity contribution in [1.29, 1.82) is 0 Å². The van der Waals surface area contributed by atoms with Crippen LogP contribution >= 0.6 is 7.82 Å². The third kappa shape index (κ3) is 38.3. The van der Waals surface area contributed by atoms with Gasteiger partial charge in [0.15, 0.2) is 0 Å². The third-order valence-corrected chi connectivity index (χ3v) is 10.2. The summed E-state index contributed by atoms with van der Waals surface area (Å²) in [5, 5.41) is 9.76. The van der Waals surface area contributed by atoms with Crippen LogP contribution in [-0.2, 0) is 23.1 Å². The van der Waals surface area contributed by atoms with Crippen molar-refractivity contribution in [1.82, 2.24) is 0 Å². The molecule has 0 aromatic rings. The van der Waals surface area contributed by atoms with E-state index in [2.05, 4.69) is 16.0 Å². The van der Waals surface area contributed by atoms with E-state index in [1.165, 1.54) is 180 Å². The van der Waals surface area contributed by atoms with E-state index >= 15 is 0 Å². The minimum atomic E-state index is -4.25. The average molecular weight is 706 g/mol. The zero-order chi connectivity index (χ0) is 35.2. The number of carbonyl (C=O) groups excluding carboxylic acids is 1. The molecule has 0 aromatic heterocycles. The van der Waals surface area contributed by atoms with E-state index in [1.54, 1.807) is 0 Å². The molecule has 0 aliphatic heterocycles. The fraction of sp³-hybridized carbons (Fsp3) is 0.974. The molecule has 8 nitrogen and oxygen atoms in total. The van der Waals surface area contributed by atoms with Crippen molar-refractivity contribution in [3.8, 4) is 0 Å². The number of nitrogens with two attached hydrogens (primary N) is 1. The van der Waals surface area contributed by atoms with Crippen molar-refractivity contribution in [3.05, 3.63) is 0 Å². The number of rotatable bonds is 40. The summed E-state index contributed by atoms with van der Waals surface area (Å²) in [6, 6.07) is 0. The molecule has 2 atom stereocenters. The highest BCUT2D eigenvalue weighted by molar-refractivity contribution is 7.47. The topological polar surface area (TPSA) is 128 Å². The molecule has 0 aliphatic rings. The summed E-state index contributed by atoms with van der Waals surface area (Å²) < 4.78 is 25.7. The molecular weight excluding hydrogens is 625 g/mol. The third-order valence-electron chi connectivity index (χ3n) is 9.22. The van der Waals surface area contributed by atoms with Crippen LogP contribution in [0.3, 0.4) is 0 Å². The van der Waals surface area contributed by atoms with E-state index in [0.29, 0.717) is 6.42 Å². The second-order valence-corrected chi connectivity index (χ2v) is 15.5. The van der Waals surface area contributed by atoms with Crippen molar-refractivity contribution in [2.45, 2.75) is 218 Å². The van der Waals surface area contributed by atoms with Gasteiger partial charge in [0, 0.05) is 13.0 Å². The van der Waals surface area contributed by atoms with Crippen LogP contribution in [0.1, 0.15) is 212 Å². The Kier molecular flexibility index (Phi) is 37.4. The molecule has 0 spiro atoms. The fourth-order valence-corrected chi connectivity index (χ4v) is 6.94. The van der Waals surface area contributed by atoms with Crippen LogP contribution in [-0.4, -0.2) is 48.4 Å². The highest BCUT2D eigenvalue weighted by atomic mass is 31.2. The van der Waals surface area contributed by atoms with Gasteiger partial charge in [-0.15, -0.1) is 0 Å². The minimum Gasteiger partial charge on any atom is -0.463 e. The number of aliphatic hydroxyl groups is 1. The number of phosphoric ester groups is 1. The zero-order valence-electron chi connectivity index (χ0n) is 31.5. The lowest BCUT2D eigenvalue weighted by Crippen LogP contribution is -2.23. The summed E-state index contributed by atoms with van der Waals surface area (Å²) in [5.41, 5.74) is 5.20. The van der Waals surface area contributed by atoms with E-state index < -0.39 is 20.5 Å². The van der Waals surface area contributed by atoms with Gasteiger partial charge < -0.3 is 20.5 Å². The Hall–Kier alpha value is -0.500. The molecule has 0 saturated heterocycles. The van der Waals surface area contributed by atoms with Gasteiger partial charge in [-0.05, 0) is 6.42 Å². The Labute approximate surface area is 297 Å².